The standard InChI is InChI=1S/C16H19NO3/c1-9-6-7-10(16(19)20)8-13(9)17-15(18)14-11-4-2-3-5-12(11)14/h6-8,11-12,14H,2-5H2,1H3,(H,17,18)(H,19,20). The van der Waals surface area contributed by atoms with Crippen molar-refractivity contribution in [2.24, 2.45) is 17.8 Å². The highest BCUT2D eigenvalue weighted by Crippen LogP contribution is 2.55. The highest BCUT2D eigenvalue weighted by atomic mass is 16.4. The smallest absolute Gasteiger partial charge is 0.335 e. The molecule has 1 amide bonds. The van der Waals surface area contributed by atoms with Gasteiger partial charge >= 0.3 is 5.97 Å². The lowest BCUT2D eigenvalue weighted by molar-refractivity contribution is -0.117. The SMILES string of the molecule is Cc1ccc(C(=O)O)cc1NC(=O)C1C2CCCCC21. The van der Waals surface area contributed by atoms with Crippen molar-refractivity contribution >= 4 is 17.6 Å². The van der Waals surface area contributed by atoms with Crippen LogP contribution < -0.4 is 5.32 Å². The second kappa shape index (κ2) is 4.93. The fraction of sp³-hybridized carbons (Fsp3) is 0.500. The lowest BCUT2D eigenvalue weighted by Crippen LogP contribution is -2.16. The molecule has 2 saturated carbocycles. The van der Waals surface area contributed by atoms with E-state index in [-0.39, 0.29) is 17.4 Å². The molecule has 0 radical (unpaired) electrons. The van der Waals surface area contributed by atoms with E-state index in [2.05, 4.69) is 5.32 Å². The van der Waals surface area contributed by atoms with Gasteiger partial charge < -0.3 is 10.4 Å². The van der Waals surface area contributed by atoms with Gasteiger partial charge in [0.15, 0.2) is 0 Å². The van der Waals surface area contributed by atoms with E-state index in [1.165, 1.54) is 12.8 Å². The molecule has 0 spiro atoms. The molecule has 3 rings (SSSR count). The first-order chi connectivity index (χ1) is 9.58. The molecular formula is C16H19NO3. The molecule has 4 nitrogen and oxygen atoms in total. The summed E-state index contributed by atoms with van der Waals surface area (Å²) < 4.78 is 0. The fourth-order valence-electron chi connectivity index (χ4n) is 3.49. The second-order valence-corrected chi connectivity index (χ2v) is 5.96. The summed E-state index contributed by atoms with van der Waals surface area (Å²) in [7, 11) is 0. The van der Waals surface area contributed by atoms with Crippen molar-refractivity contribution in [1.82, 2.24) is 0 Å². The Morgan fingerprint density at radius 3 is 2.45 bits per heavy atom. The number of nitrogens with one attached hydrogen (secondary N) is 1. The third-order valence-corrected chi connectivity index (χ3v) is 4.70. The third kappa shape index (κ3) is 2.30. The summed E-state index contributed by atoms with van der Waals surface area (Å²) in [6.07, 6.45) is 4.80. The Morgan fingerprint density at radius 1 is 1.20 bits per heavy atom. The lowest BCUT2D eigenvalue weighted by Gasteiger charge is -2.09. The van der Waals surface area contributed by atoms with Gasteiger partial charge in [-0.05, 0) is 49.3 Å². The molecular weight excluding hydrogens is 254 g/mol. The van der Waals surface area contributed by atoms with Crippen molar-refractivity contribution in [3.8, 4) is 0 Å². The Hall–Kier alpha value is -1.84. The minimum absolute atomic E-state index is 0.0625. The molecule has 2 fully saturated rings. The summed E-state index contributed by atoms with van der Waals surface area (Å²) >= 11 is 0. The predicted octanol–water partition coefficient (Wildman–Crippen LogP) is 3.07. The van der Waals surface area contributed by atoms with Crippen LogP contribution in [0, 0.1) is 24.7 Å². The largest absolute Gasteiger partial charge is 0.478 e. The van der Waals surface area contributed by atoms with E-state index in [4.69, 9.17) is 5.11 Å². The normalized spacial score (nSPS) is 27.6. The first-order valence-electron chi connectivity index (χ1n) is 7.23. The number of aromatic carboxylic acids is 1. The van der Waals surface area contributed by atoms with E-state index < -0.39 is 5.97 Å². The van der Waals surface area contributed by atoms with Gasteiger partial charge in [-0.3, -0.25) is 4.79 Å². The number of carboxylic acids is 1. The summed E-state index contributed by atoms with van der Waals surface area (Å²) in [6.45, 7) is 1.88. The van der Waals surface area contributed by atoms with Crippen molar-refractivity contribution in [2.75, 3.05) is 5.32 Å². The molecule has 1 aromatic rings. The van der Waals surface area contributed by atoms with Gasteiger partial charge in [0, 0.05) is 11.6 Å². The van der Waals surface area contributed by atoms with Crippen LogP contribution in [0.2, 0.25) is 0 Å². The second-order valence-electron chi connectivity index (χ2n) is 5.96. The molecule has 0 heterocycles. The number of carbonyl (C=O) groups excluding carboxylic acids is 1. The highest BCUT2D eigenvalue weighted by Gasteiger charge is 2.54. The Balaban J connectivity index is 1.73. The molecule has 2 aliphatic carbocycles. The van der Waals surface area contributed by atoms with Gasteiger partial charge in [-0.15, -0.1) is 0 Å². The zero-order chi connectivity index (χ0) is 14.3. The third-order valence-electron chi connectivity index (χ3n) is 4.70. The van der Waals surface area contributed by atoms with Crippen LogP contribution in [0.15, 0.2) is 18.2 Å². The quantitative estimate of drug-likeness (QED) is 0.889. The van der Waals surface area contributed by atoms with Crippen LogP contribution in [-0.2, 0) is 4.79 Å². The minimum atomic E-state index is -0.972. The van der Waals surface area contributed by atoms with Gasteiger partial charge in [-0.1, -0.05) is 18.9 Å². The number of rotatable bonds is 3. The lowest BCUT2D eigenvalue weighted by atomic mass is 10.0. The summed E-state index contributed by atoms with van der Waals surface area (Å²) in [5.74, 6) is 0.358. The van der Waals surface area contributed by atoms with Crippen molar-refractivity contribution in [1.29, 1.82) is 0 Å². The van der Waals surface area contributed by atoms with E-state index in [1.54, 1.807) is 18.2 Å². The maximum absolute atomic E-state index is 12.3. The van der Waals surface area contributed by atoms with Crippen LogP contribution in [0.5, 0.6) is 0 Å². The van der Waals surface area contributed by atoms with Crippen molar-refractivity contribution in [3.05, 3.63) is 29.3 Å². The number of aryl methyl sites for hydroxylation is 1. The number of hydrogen-bond donors (Lipinski definition) is 2. The summed E-state index contributed by atoms with van der Waals surface area (Å²) in [5, 5.41) is 11.9. The van der Waals surface area contributed by atoms with Crippen LogP contribution in [0.3, 0.4) is 0 Å². The molecule has 0 aromatic heterocycles. The van der Waals surface area contributed by atoms with E-state index in [0.29, 0.717) is 17.5 Å². The first kappa shape index (κ1) is 13.2. The van der Waals surface area contributed by atoms with E-state index in [9.17, 15) is 9.59 Å². The monoisotopic (exact) mass is 273 g/mol. The van der Waals surface area contributed by atoms with Gasteiger partial charge in [0.2, 0.25) is 5.91 Å². The molecule has 0 bridgehead atoms. The van der Waals surface area contributed by atoms with Crippen molar-refractivity contribution < 1.29 is 14.7 Å². The van der Waals surface area contributed by atoms with Crippen LogP contribution in [0.25, 0.3) is 0 Å². The molecule has 2 unspecified atom stereocenters. The molecule has 1 aromatic carbocycles. The van der Waals surface area contributed by atoms with Gasteiger partial charge in [0.05, 0.1) is 5.56 Å². The van der Waals surface area contributed by atoms with Gasteiger partial charge in [-0.2, -0.15) is 0 Å². The number of hydrogen-bond acceptors (Lipinski definition) is 2. The summed E-state index contributed by atoms with van der Waals surface area (Å²) in [6, 6.07) is 4.84. The Morgan fingerprint density at radius 2 is 1.85 bits per heavy atom. The zero-order valence-corrected chi connectivity index (χ0v) is 11.6. The number of amides is 1. The molecule has 2 atom stereocenters. The van der Waals surface area contributed by atoms with Crippen LogP contribution >= 0.6 is 0 Å². The minimum Gasteiger partial charge on any atom is -0.478 e. The van der Waals surface area contributed by atoms with Crippen molar-refractivity contribution in [2.45, 2.75) is 32.6 Å². The number of benzene rings is 1. The van der Waals surface area contributed by atoms with Crippen LogP contribution in [0.1, 0.15) is 41.6 Å². The molecule has 2 N–H and O–H groups in total. The Labute approximate surface area is 118 Å². The molecule has 2 aliphatic rings. The topological polar surface area (TPSA) is 66.4 Å². The molecule has 0 aliphatic heterocycles. The van der Waals surface area contributed by atoms with E-state index in [0.717, 1.165) is 18.4 Å². The number of carbonyl (C=O) groups is 2. The highest BCUT2D eigenvalue weighted by molar-refractivity contribution is 5.97. The molecule has 4 heteroatoms. The predicted molar refractivity (Wildman–Crippen MR) is 75.7 cm³/mol. The van der Waals surface area contributed by atoms with Crippen LogP contribution in [-0.4, -0.2) is 17.0 Å². The van der Waals surface area contributed by atoms with Gasteiger partial charge in [0.25, 0.3) is 0 Å². The van der Waals surface area contributed by atoms with Crippen molar-refractivity contribution in [3.63, 3.8) is 0 Å². The maximum Gasteiger partial charge on any atom is 0.335 e. The maximum atomic E-state index is 12.3. The Bertz CT molecular complexity index is 555. The number of carboxylic acid groups (broad SMARTS) is 1. The van der Waals surface area contributed by atoms with E-state index in [1.807, 2.05) is 6.92 Å². The zero-order valence-electron chi connectivity index (χ0n) is 11.6. The summed E-state index contributed by atoms with van der Waals surface area (Å²) in [4.78, 5) is 23.3. The van der Waals surface area contributed by atoms with E-state index >= 15 is 0 Å². The summed E-state index contributed by atoms with van der Waals surface area (Å²) in [5.41, 5.74) is 1.73. The van der Waals surface area contributed by atoms with Gasteiger partial charge in [0.1, 0.15) is 0 Å². The Kier molecular flexibility index (Phi) is 3.24. The molecule has 0 saturated heterocycles. The molecule has 106 valence electrons. The fourth-order valence-corrected chi connectivity index (χ4v) is 3.49. The average molecular weight is 273 g/mol. The first-order valence-corrected chi connectivity index (χ1v) is 7.23. The van der Waals surface area contributed by atoms with Gasteiger partial charge in [-0.25, -0.2) is 4.79 Å². The number of fused-ring (bicyclic) bond motifs is 1. The average Bonchev–Trinajstić information content (AvgIpc) is 3.15. The van der Waals surface area contributed by atoms with Crippen LogP contribution in [0.4, 0.5) is 5.69 Å². The molecule has 20 heavy (non-hydrogen) atoms. The number of anilines is 1.